The summed E-state index contributed by atoms with van der Waals surface area (Å²) in [7, 11) is -2.84. The summed E-state index contributed by atoms with van der Waals surface area (Å²) in [6.45, 7) is 11.2. The zero-order valence-electron chi connectivity index (χ0n) is 14.6. The van der Waals surface area contributed by atoms with Crippen LogP contribution in [0.1, 0.15) is 53.4 Å². The van der Waals surface area contributed by atoms with Gasteiger partial charge in [-0.1, -0.05) is 27.7 Å². The summed E-state index contributed by atoms with van der Waals surface area (Å²) < 4.78 is 23.0. The Kier molecular flexibility index (Phi) is 7.69. The van der Waals surface area contributed by atoms with Gasteiger partial charge in [0.1, 0.15) is 9.84 Å². The molecule has 0 radical (unpaired) electrons. The zero-order valence-corrected chi connectivity index (χ0v) is 15.4. The molecular formula is C17H35NO2S. The lowest BCUT2D eigenvalue weighted by molar-refractivity contribution is 0.141. The van der Waals surface area contributed by atoms with Gasteiger partial charge in [0.2, 0.25) is 0 Å². The number of nitrogens with one attached hydrogen (secondary N) is 1. The van der Waals surface area contributed by atoms with Gasteiger partial charge in [0, 0.05) is 6.26 Å². The van der Waals surface area contributed by atoms with E-state index < -0.39 is 9.84 Å². The van der Waals surface area contributed by atoms with Crippen LogP contribution in [0.25, 0.3) is 0 Å². The van der Waals surface area contributed by atoms with Gasteiger partial charge in [-0.2, -0.15) is 0 Å². The summed E-state index contributed by atoms with van der Waals surface area (Å²) in [4.78, 5) is 0. The maximum atomic E-state index is 11.5. The van der Waals surface area contributed by atoms with Gasteiger partial charge >= 0.3 is 0 Å². The first-order valence-electron chi connectivity index (χ1n) is 8.57. The monoisotopic (exact) mass is 317 g/mol. The average Bonchev–Trinajstić information content (AvgIpc) is 2.35. The van der Waals surface area contributed by atoms with Crippen molar-refractivity contribution in [1.29, 1.82) is 0 Å². The van der Waals surface area contributed by atoms with E-state index in [1.54, 1.807) is 0 Å². The van der Waals surface area contributed by atoms with Crippen molar-refractivity contribution in [3.8, 4) is 0 Å². The van der Waals surface area contributed by atoms with Crippen molar-refractivity contribution in [3.05, 3.63) is 0 Å². The molecule has 1 fully saturated rings. The van der Waals surface area contributed by atoms with Crippen LogP contribution in [0.4, 0.5) is 0 Å². The largest absolute Gasteiger partial charge is 0.316 e. The van der Waals surface area contributed by atoms with Crippen LogP contribution in [0.3, 0.4) is 0 Å². The van der Waals surface area contributed by atoms with Crippen LogP contribution < -0.4 is 5.32 Å². The van der Waals surface area contributed by atoms with Gasteiger partial charge in [0.05, 0.1) is 5.75 Å². The van der Waals surface area contributed by atoms with Crippen LogP contribution in [0, 0.1) is 29.6 Å². The van der Waals surface area contributed by atoms with Crippen molar-refractivity contribution in [2.24, 2.45) is 29.6 Å². The second-order valence-corrected chi connectivity index (χ2v) is 10.1. The Labute approximate surface area is 132 Å². The lowest BCUT2D eigenvalue weighted by atomic mass is 9.69. The fourth-order valence-corrected chi connectivity index (χ4v) is 4.24. The van der Waals surface area contributed by atoms with Gasteiger partial charge < -0.3 is 5.32 Å². The summed E-state index contributed by atoms with van der Waals surface area (Å²) in [5, 5.41) is 3.58. The van der Waals surface area contributed by atoms with Gasteiger partial charge in [0.25, 0.3) is 0 Å². The highest BCUT2D eigenvalue weighted by Crippen LogP contribution is 2.39. The van der Waals surface area contributed by atoms with Crippen LogP contribution >= 0.6 is 0 Å². The quantitative estimate of drug-likeness (QED) is 0.747. The third-order valence-electron chi connectivity index (χ3n) is 4.94. The van der Waals surface area contributed by atoms with Gasteiger partial charge in [-0.25, -0.2) is 8.42 Å². The van der Waals surface area contributed by atoms with Gasteiger partial charge in [-0.05, 0) is 68.4 Å². The van der Waals surface area contributed by atoms with Crippen LogP contribution in [-0.2, 0) is 9.84 Å². The van der Waals surface area contributed by atoms with Gasteiger partial charge in [-0.3, -0.25) is 0 Å². The molecule has 0 aromatic heterocycles. The van der Waals surface area contributed by atoms with Gasteiger partial charge in [-0.15, -0.1) is 0 Å². The summed E-state index contributed by atoms with van der Waals surface area (Å²) in [5.41, 5.74) is 0. The van der Waals surface area contributed by atoms with Crippen LogP contribution in [0.15, 0.2) is 0 Å². The molecule has 0 bridgehead atoms. The minimum atomic E-state index is -2.84. The highest BCUT2D eigenvalue weighted by molar-refractivity contribution is 7.90. The summed E-state index contributed by atoms with van der Waals surface area (Å²) >= 11 is 0. The minimum absolute atomic E-state index is 0.350. The summed E-state index contributed by atoms with van der Waals surface area (Å²) in [5.74, 6) is 3.74. The number of rotatable bonds is 8. The molecule has 1 aliphatic rings. The molecule has 0 heterocycles. The zero-order chi connectivity index (χ0) is 16.0. The molecule has 126 valence electrons. The standard InChI is InChI=1S/C17H35NO2S/c1-13(2)11-18-12-17-7-6-15(14(3)4)10-16(17)8-9-21(5,19)20/h13-18H,6-12H2,1-5H3. The molecule has 0 saturated heterocycles. The van der Waals surface area contributed by atoms with E-state index in [2.05, 4.69) is 33.0 Å². The van der Waals surface area contributed by atoms with Crippen LogP contribution in [-0.4, -0.2) is 33.5 Å². The Bertz CT molecular complexity index is 388. The van der Waals surface area contributed by atoms with E-state index in [-0.39, 0.29) is 0 Å². The Morgan fingerprint density at radius 2 is 1.76 bits per heavy atom. The molecule has 1 N–H and O–H groups in total. The minimum Gasteiger partial charge on any atom is -0.316 e. The number of sulfone groups is 1. The van der Waals surface area contributed by atoms with E-state index in [4.69, 9.17) is 0 Å². The summed E-state index contributed by atoms with van der Waals surface area (Å²) in [6, 6.07) is 0. The molecule has 0 aromatic rings. The van der Waals surface area contributed by atoms with E-state index in [0.29, 0.717) is 23.5 Å². The van der Waals surface area contributed by atoms with E-state index in [1.165, 1.54) is 25.5 Å². The second kappa shape index (κ2) is 8.52. The normalized spacial score (nSPS) is 27.5. The smallest absolute Gasteiger partial charge is 0.147 e. The fraction of sp³-hybridized carbons (Fsp3) is 1.00. The van der Waals surface area contributed by atoms with Crippen molar-refractivity contribution in [2.45, 2.75) is 53.4 Å². The lowest BCUT2D eigenvalue weighted by Crippen LogP contribution is -2.36. The SMILES string of the molecule is CC(C)CNCC1CCC(C(C)C)CC1CCS(C)(=O)=O. The predicted molar refractivity (Wildman–Crippen MR) is 91.2 cm³/mol. The molecule has 1 rings (SSSR count). The first-order chi connectivity index (χ1) is 9.69. The molecule has 4 heteroatoms. The third-order valence-corrected chi connectivity index (χ3v) is 5.92. The highest BCUT2D eigenvalue weighted by atomic mass is 32.2. The predicted octanol–water partition coefficient (Wildman–Crippen LogP) is 3.36. The van der Waals surface area contributed by atoms with Crippen LogP contribution in [0.5, 0.6) is 0 Å². The van der Waals surface area contributed by atoms with Gasteiger partial charge in [0.15, 0.2) is 0 Å². The molecule has 0 aliphatic heterocycles. The van der Waals surface area contributed by atoms with Crippen molar-refractivity contribution in [3.63, 3.8) is 0 Å². The molecule has 3 atom stereocenters. The Morgan fingerprint density at radius 3 is 2.29 bits per heavy atom. The molecule has 3 nitrogen and oxygen atoms in total. The Hall–Kier alpha value is -0.0900. The van der Waals surface area contributed by atoms with Crippen molar-refractivity contribution in [1.82, 2.24) is 5.32 Å². The molecule has 21 heavy (non-hydrogen) atoms. The molecule has 0 amide bonds. The highest BCUT2D eigenvalue weighted by Gasteiger charge is 2.31. The maximum absolute atomic E-state index is 11.5. The van der Waals surface area contributed by atoms with E-state index >= 15 is 0 Å². The van der Waals surface area contributed by atoms with E-state index in [9.17, 15) is 8.42 Å². The van der Waals surface area contributed by atoms with Crippen molar-refractivity contribution >= 4 is 9.84 Å². The topological polar surface area (TPSA) is 46.2 Å². The van der Waals surface area contributed by atoms with Crippen molar-refractivity contribution < 1.29 is 8.42 Å². The molecular weight excluding hydrogens is 282 g/mol. The number of hydrogen-bond acceptors (Lipinski definition) is 3. The second-order valence-electron chi connectivity index (χ2n) is 7.81. The van der Waals surface area contributed by atoms with Crippen LogP contribution in [0.2, 0.25) is 0 Å². The van der Waals surface area contributed by atoms with Crippen molar-refractivity contribution in [2.75, 3.05) is 25.1 Å². The summed E-state index contributed by atoms with van der Waals surface area (Å²) in [6.07, 6.45) is 5.97. The third kappa shape index (κ3) is 7.64. The first kappa shape index (κ1) is 19.0. The van der Waals surface area contributed by atoms with E-state index in [1.807, 2.05) is 0 Å². The maximum Gasteiger partial charge on any atom is 0.147 e. The molecule has 3 unspecified atom stereocenters. The molecule has 1 aliphatic carbocycles. The lowest BCUT2D eigenvalue weighted by Gasteiger charge is -2.38. The number of hydrogen-bond donors (Lipinski definition) is 1. The fourth-order valence-electron chi connectivity index (χ4n) is 3.51. The molecule has 0 aromatic carbocycles. The Balaban J connectivity index is 2.57. The van der Waals surface area contributed by atoms with E-state index in [0.717, 1.165) is 31.3 Å². The molecule has 1 saturated carbocycles. The Morgan fingerprint density at radius 1 is 1.10 bits per heavy atom. The molecule has 0 spiro atoms. The first-order valence-corrected chi connectivity index (χ1v) is 10.6. The average molecular weight is 318 g/mol.